The third-order valence-corrected chi connectivity index (χ3v) is 9.50. The number of pyridine rings is 1. The zero-order valence-electron chi connectivity index (χ0n) is 25.8. The number of benzene rings is 1. The molecule has 3 atom stereocenters. The van der Waals surface area contributed by atoms with Crippen molar-refractivity contribution in [1.82, 2.24) is 25.5 Å². The van der Waals surface area contributed by atoms with Gasteiger partial charge in [-0.15, -0.1) is 11.3 Å². The molecule has 3 unspecified atom stereocenters. The van der Waals surface area contributed by atoms with Crippen molar-refractivity contribution < 1.29 is 29.0 Å². The van der Waals surface area contributed by atoms with Crippen LogP contribution in [0.4, 0.5) is 4.79 Å². The number of amides is 3. The Kier molecular flexibility index (Phi) is 9.83. The smallest absolute Gasteiger partial charge is 0.330 e. The lowest BCUT2D eigenvalue weighted by atomic mass is 10.1. The van der Waals surface area contributed by atoms with E-state index in [9.17, 15) is 19.5 Å². The fourth-order valence-corrected chi connectivity index (χ4v) is 6.55. The minimum Gasteiger partial charge on any atom is -0.495 e. The molecule has 13 heteroatoms. The lowest BCUT2D eigenvalue weighted by Crippen LogP contribution is -2.55. The minimum atomic E-state index is -1.39. The van der Waals surface area contributed by atoms with Gasteiger partial charge in [-0.2, -0.15) is 0 Å². The van der Waals surface area contributed by atoms with Gasteiger partial charge in [-0.05, 0) is 43.7 Å². The summed E-state index contributed by atoms with van der Waals surface area (Å²) in [4.78, 5) is 49.8. The van der Waals surface area contributed by atoms with E-state index >= 15 is 0 Å². The molecule has 0 radical (unpaired) electrons. The molecule has 11 nitrogen and oxygen atoms in total. The van der Waals surface area contributed by atoms with Gasteiger partial charge in [-0.1, -0.05) is 37.6 Å². The summed E-state index contributed by atoms with van der Waals surface area (Å²) in [5, 5.41) is 19.2. The molecule has 3 heterocycles. The number of nitrogens with zero attached hydrogens (tertiary/aromatic N) is 3. The number of allylic oxidation sites excluding steroid dienone is 1. The average molecular weight is 656 g/mol. The molecule has 3 aromatic rings. The van der Waals surface area contributed by atoms with Crippen LogP contribution in [0, 0.1) is 5.92 Å². The number of carboxylic acids is 1. The maximum atomic E-state index is 13.5. The Labute approximate surface area is 271 Å². The topological polar surface area (TPSA) is 143 Å². The molecule has 0 saturated heterocycles. The van der Waals surface area contributed by atoms with Crippen molar-refractivity contribution in [3.05, 3.63) is 46.4 Å². The van der Waals surface area contributed by atoms with Crippen molar-refractivity contribution in [1.29, 1.82) is 0 Å². The number of halogens is 1. The maximum absolute atomic E-state index is 13.5. The molecule has 1 aromatic carbocycles. The van der Waals surface area contributed by atoms with Crippen LogP contribution in [-0.2, 0) is 9.59 Å². The largest absolute Gasteiger partial charge is 0.495 e. The van der Waals surface area contributed by atoms with Crippen LogP contribution < -0.4 is 20.1 Å². The van der Waals surface area contributed by atoms with Gasteiger partial charge in [-0.3, -0.25) is 4.79 Å². The highest BCUT2D eigenvalue weighted by Crippen LogP contribution is 2.45. The second-order valence-electron chi connectivity index (χ2n) is 11.8. The summed E-state index contributed by atoms with van der Waals surface area (Å²) >= 11 is 8.15. The highest BCUT2D eigenvalue weighted by atomic mass is 35.5. The number of urea groups is 1. The van der Waals surface area contributed by atoms with E-state index in [1.165, 1.54) is 23.3 Å². The number of methoxy groups -OCH3 is 1. The Morgan fingerprint density at radius 3 is 2.76 bits per heavy atom. The Morgan fingerprint density at radius 1 is 1.24 bits per heavy atom. The number of carbonyl (C=O) groups excluding carboxylic acids is 2. The number of nitrogens with one attached hydrogen (secondary N) is 2. The van der Waals surface area contributed by atoms with E-state index in [1.807, 2.05) is 17.5 Å². The lowest BCUT2D eigenvalue weighted by Gasteiger charge is -2.25. The fraction of sp³-hybridized carbons (Fsp3) is 0.469. The Morgan fingerprint density at radius 2 is 2.04 bits per heavy atom. The normalized spacial score (nSPS) is 22.4. The number of hydrogen-bond acceptors (Lipinski definition) is 8. The summed E-state index contributed by atoms with van der Waals surface area (Å²) in [5.41, 5.74) is 0.615. The highest BCUT2D eigenvalue weighted by molar-refractivity contribution is 7.13. The van der Waals surface area contributed by atoms with Crippen LogP contribution >= 0.6 is 22.9 Å². The van der Waals surface area contributed by atoms with Gasteiger partial charge >= 0.3 is 12.0 Å². The summed E-state index contributed by atoms with van der Waals surface area (Å²) < 4.78 is 11.7. The summed E-state index contributed by atoms with van der Waals surface area (Å²) in [7, 11) is 3.20. The van der Waals surface area contributed by atoms with E-state index in [4.69, 9.17) is 31.0 Å². The van der Waals surface area contributed by atoms with Crippen LogP contribution in [0.1, 0.15) is 57.6 Å². The molecule has 240 valence electrons. The van der Waals surface area contributed by atoms with E-state index in [0.29, 0.717) is 51.1 Å². The molecule has 5 rings (SSSR count). The van der Waals surface area contributed by atoms with Gasteiger partial charge in [0.25, 0.3) is 0 Å². The van der Waals surface area contributed by atoms with Gasteiger partial charge in [0.15, 0.2) is 0 Å². The van der Waals surface area contributed by atoms with Crippen molar-refractivity contribution in [3.8, 4) is 22.2 Å². The van der Waals surface area contributed by atoms with Gasteiger partial charge in [0.1, 0.15) is 38.8 Å². The van der Waals surface area contributed by atoms with E-state index in [2.05, 4.69) is 24.5 Å². The van der Waals surface area contributed by atoms with Crippen molar-refractivity contribution in [2.45, 2.75) is 63.5 Å². The molecule has 3 amide bonds. The number of aromatic nitrogens is 2. The molecule has 2 aliphatic rings. The number of hydrogen-bond donors (Lipinski definition) is 3. The molecule has 1 saturated carbocycles. The number of fused-ring (bicyclic) bond motifs is 2. The quantitative estimate of drug-likeness (QED) is 0.265. The van der Waals surface area contributed by atoms with E-state index in [1.54, 1.807) is 25.2 Å². The lowest BCUT2D eigenvalue weighted by molar-refractivity contribution is -0.143. The molecule has 1 aliphatic heterocycles. The van der Waals surface area contributed by atoms with E-state index in [-0.39, 0.29) is 24.9 Å². The molecule has 0 bridgehead atoms. The van der Waals surface area contributed by atoms with E-state index in [0.717, 1.165) is 25.0 Å². The monoisotopic (exact) mass is 655 g/mol. The fourth-order valence-electron chi connectivity index (χ4n) is 5.32. The molecule has 1 aliphatic carbocycles. The maximum Gasteiger partial charge on any atom is 0.330 e. The van der Waals surface area contributed by atoms with Crippen LogP contribution in [0.25, 0.3) is 21.6 Å². The second kappa shape index (κ2) is 13.6. The highest BCUT2D eigenvalue weighted by Gasteiger charge is 2.60. The first kappa shape index (κ1) is 32.5. The predicted molar refractivity (Wildman–Crippen MR) is 173 cm³/mol. The number of aliphatic carboxylic acids is 1. The zero-order valence-corrected chi connectivity index (χ0v) is 27.3. The molecular weight excluding hydrogens is 618 g/mol. The summed E-state index contributed by atoms with van der Waals surface area (Å²) in [6.07, 6.45) is 6.64. The Balaban J connectivity index is 1.42. The van der Waals surface area contributed by atoms with Crippen molar-refractivity contribution in [3.63, 3.8) is 0 Å². The van der Waals surface area contributed by atoms with Gasteiger partial charge in [-0.25, -0.2) is 19.6 Å². The van der Waals surface area contributed by atoms with Crippen LogP contribution in [-0.4, -0.2) is 76.8 Å². The molecule has 3 N–H and O–H groups in total. The van der Waals surface area contributed by atoms with Crippen molar-refractivity contribution in [2.24, 2.45) is 5.92 Å². The summed E-state index contributed by atoms with van der Waals surface area (Å²) in [6.45, 7) is 4.69. The van der Waals surface area contributed by atoms with Gasteiger partial charge in [0, 0.05) is 42.8 Å². The predicted octanol–water partition coefficient (Wildman–Crippen LogP) is 5.62. The molecule has 0 spiro atoms. The molecule has 2 aromatic heterocycles. The average Bonchev–Trinajstić information content (AvgIpc) is 3.47. The number of thiazole rings is 1. The van der Waals surface area contributed by atoms with Crippen LogP contribution in [0.2, 0.25) is 5.02 Å². The molecular formula is C32H38ClN5O6S. The van der Waals surface area contributed by atoms with E-state index < -0.39 is 29.5 Å². The number of ether oxygens (including phenoxy) is 2. The third kappa shape index (κ3) is 7.01. The number of carbonyl (C=O) groups is 3. The number of rotatable bonds is 8. The van der Waals surface area contributed by atoms with Crippen molar-refractivity contribution in [2.75, 3.05) is 27.3 Å². The first-order chi connectivity index (χ1) is 21.5. The first-order valence-electron chi connectivity index (χ1n) is 15.0. The molecule has 1 fully saturated rings. The number of carboxylic acid groups (broad SMARTS) is 1. The third-order valence-electron chi connectivity index (χ3n) is 8.25. The van der Waals surface area contributed by atoms with Crippen LogP contribution in [0.5, 0.6) is 11.5 Å². The SMILES string of the molecule is COc1ccc2c(OCCC3NC(=O)N(C)CCCCC=CC4CC4(C(=O)O)NC3=O)cc(-c3nc(C(C)C)cs3)nc2c1Cl. The second-order valence-corrected chi connectivity index (χ2v) is 13.0. The molecule has 45 heavy (non-hydrogen) atoms. The summed E-state index contributed by atoms with van der Waals surface area (Å²) in [5.74, 6) is -0.792. The van der Waals surface area contributed by atoms with Crippen LogP contribution in [0.15, 0.2) is 35.7 Å². The minimum absolute atomic E-state index is 0.0306. The van der Waals surface area contributed by atoms with Gasteiger partial charge in [0.05, 0.1) is 24.9 Å². The van der Waals surface area contributed by atoms with Gasteiger partial charge < -0.3 is 30.1 Å². The zero-order chi connectivity index (χ0) is 32.3. The first-order valence-corrected chi connectivity index (χ1v) is 16.3. The van der Waals surface area contributed by atoms with Gasteiger partial charge in [0.2, 0.25) is 5.91 Å². The Hall–Kier alpha value is -3.90. The Bertz CT molecular complexity index is 1630. The van der Waals surface area contributed by atoms with Crippen molar-refractivity contribution >= 4 is 51.7 Å². The van der Waals surface area contributed by atoms with Crippen LogP contribution in [0.3, 0.4) is 0 Å². The summed E-state index contributed by atoms with van der Waals surface area (Å²) in [6, 6.07) is 3.87. The standard InChI is InChI=1S/C32H38ClN5O6S/c1-18(2)23-17-45-29(35-23)22-15-25(20-10-11-24(43-4)26(33)27(20)34-22)44-14-12-21-28(39)37-32(30(40)41)16-19(32)9-7-5-6-8-13-38(3)31(42)36-21/h7,9-11,15,17-19,21H,5-6,8,12-14,16H2,1-4H3,(H,36,42)(H,37,39)(H,40,41).